The summed E-state index contributed by atoms with van der Waals surface area (Å²) in [4.78, 5) is 36.4. The number of hydrogen-bond donors (Lipinski definition) is 1. The summed E-state index contributed by atoms with van der Waals surface area (Å²) in [6.45, 7) is 5.87. The minimum absolute atomic E-state index is 0.0796. The van der Waals surface area contributed by atoms with E-state index in [-0.39, 0.29) is 18.9 Å². The molecule has 0 saturated heterocycles. The summed E-state index contributed by atoms with van der Waals surface area (Å²) in [6.07, 6.45) is 5.00. The SMILES string of the molecule is C=CCOC(=O)C1=C(C)N=C2SC=C(CC(=O)NCc3ccncc3)N2C1c1ccccc1Cl. The van der Waals surface area contributed by atoms with Crippen molar-refractivity contribution in [3.05, 3.63) is 100.0 Å². The van der Waals surface area contributed by atoms with Crippen molar-refractivity contribution in [3.8, 4) is 0 Å². The summed E-state index contributed by atoms with van der Waals surface area (Å²) in [5.74, 6) is -0.645. The van der Waals surface area contributed by atoms with Gasteiger partial charge in [-0.1, -0.05) is 54.2 Å². The molecular formula is C25H23ClN4O3S. The number of rotatable bonds is 8. The smallest absolute Gasteiger partial charge is 0.338 e. The molecule has 3 heterocycles. The first-order chi connectivity index (χ1) is 16.5. The molecule has 1 aromatic heterocycles. The zero-order valence-corrected chi connectivity index (χ0v) is 20.1. The van der Waals surface area contributed by atoms with Gasteiger partial charge in [-0.05, 0) is 41.7 Å². The van der Waals surface area contributed by atoms with Crippen LogP contribution in [0, 0.1) is 0 Å². The van der Waals surface area contributed by atoms with Crippen LogP contribution in [0.15, 0.2) is 88.8 Å². The maximum atomic E-state index is 13.1. The maximum Gasteiger partial charge on any atom is 0.338 e. The minimum Gasteiger partial charge on any atom is -0.458 e. The number of thioether (sulfide) groups is 1. The number of benzene rings is 1. The van der Waals surface area contributed by atoms with Crippen LogP contribution in [0.4, 0.5) is 0 Å². The predicted octanol–water partition coefficient (Wildman–Crippen LogP) is 4.75. The number of amides is 1. The molecule has 0 saturated carbocycles. The summed E-state index contributed by atoms with van der Waals surface area (Å²) in [6, 6.07) is 10.5. The lowest BCUT2D eigenvalue weighted by atomic mass is 9.93. The van der Waals surface area contributed by atoms with Crippen LogP contribution < -0.4 is 5.32 Å². The molecule has 0 spiro atoms. The van der Waals surface area contributed by atoms with E-state index in [0.717, 1.165) is 16.8 Å². The van der Waals surface area contributed by atoms with Crippen LogP contribution in [-0.2, 0) is 20.9 Å². The van der Waals surface area contributed by atoms with Crippen molar-refractivity contribution in [1.82, 2.24) is 15.2 Å². The van der Waals surface area contributed by atoms with E-state index in [0.29, 0.717) is 28.0 Å². The number of halogens is 1. The molecule has 0 aliphatic carbocycles. The average Bonchev–Trinajstić information content (AvgIpc) is 3.23. The van der Waals surface area contributed by atoms with E-state index >= 15 is 0 Å². The number of amidine groups is 1. The number of hydrogen-bond acceptors (Lipinski definition) is 7. The molecule has 9 heteroatoms. The first-order valence-corrected chi connectivity index (χ1v) is 11.9. The van der Waals surface area contributed by atoms with Crippen LogP contribution >= 0.6 is 23.4 Å². The van der Waals surface area contributed by atoms with Crippen molar-refractivity contribution < 1.29 is 14.3 Å². The Hall–Kier alpha value is -3.36. The monoisotopic (exact) mass is 494 g/mol. The van der Waals surface area contributed by atoms with Crippen molar-refractivity contribution >= 4 is 40.4 Å². The van der Waals surface area contributed by atoms with Gasteiger partial charge < -0.3 is 15.0 Å². The van der Waals surface area contributed by atoms with E-state index in [1.54, 1.807) is 25.4 Å². The topological polar surface area (TPSA) is 83.9 Å². The van der Waals surface area contributed by atoms with Gasteiger partial charge in [-0.15, -0.1) is 0 Å². The number of nitrogens with one attached hydrogen (secondary N) is 1. The first kappa shape index (κ1) is 23.8. The fraction of sp³-hybridized carbons (Fsp3) is 0.200. The minimum atomic E-state index is -0.576. The maximum absolute atomic E-state index is 13.1. The fourth-order valence-corrected chi connectivity index (χ4v) is 4.97. The molecule has 0 radical (unpaired) electrons. The Morgan fingerprint density at radius 2 is 2.03 bits per heavy atom. The zero-order chi connectivity index (χ0) is 24.1. The van der Waals surface area contributed by atoms with E-state index in [1.807, 2.05) is 40.6 Å². The molecule has 7 nitrogen and oxygen atoms in total. The predicted molar refractivity (Wildman–Crippen MR) is 134 cm³/mol. The molecule has 0 bridgehead atoms. The van der Waals surface area contributed by atoms with Crippen LogP contribution in [0.2, 0.25) is 5.02 Å². The van der Waals surface area contributed by atoms with E-state index in [2.05, 4.69) is 21.9 Å². The molecule has 0 fully saturated rings. The number of carbonyl (C=O) groups is 2. The van der Waals surface area contributed by atoms with Gasteiger partial charge in [0.15, 0.2) is 5.17 Å². The highest BCUT2D eigenvalue weighted by Gasteiger charge is 2.41. The molecule has 1 amide bonds. The third kappa shape index (κ3) is 5.08. The third-order valence-corrected chi connectivity index (χ3v) is 6.57. The van der Waals surface area contributed by atoms with Gasteiger partial charge in [0.2, 0.25) is 5.91 Å². The number of carbonyl (C=O) groups excluding carboxylic acids is 2. The number of aliphatic imine (C=N–C) groups is 1. The number of nitrogens with zero attached hydrogens (tertiary/aromatic N) is 3. The highest BCUT2D eigenvalue weighted by Crippen LogP contribution is 2.46. The summed E-state index contributed by atoms with van der Waals surface area (Å²) >= 11 is 7.98. The van der Waals surface area contributed by atoms with Crippen molar-refractivity contribution in [1.29, 1.82) is 0 Å². The summed E-state index contributed by atoms with van der Waals surface area (Å²) in [7, 11) is 0. The highest BCUT2D eigenvalue weighted by atomic mass is 35.5. The number of esters is 1. The van der Waals surface area contributed by atoms with Crippen LogP contribution in [0.1, 0.15) is 30.5 Å². The van der Waals surface area contributed by atoms with E-state index in [1.165, 1.54) is 17.8 Å². The molecule has 1 unspecified atom stereocenters. The van der Waals surface area contributed by atoms with Crippen LogP contribution in [-0.4, -0.2) is 33.5 Å². The number of ether oxygens (including phenoxy) is 1. The van der Waals surface area contributed by atoms with Gasteiger partial charge in [0, 0.05) is 29.7 Å². The van der Waals surface area contributed by atoms with Gasteiger partial charge in [0.25, 0.3) is 0 Å². The Kier molecular flexibility index (Phi) is 7.49. The quantitative estimate of drug-likeness (QED) is 0.421. The second-order valence-electron chi connectivity index (χ2n) is 7.61. The van der Waals surface area contributed by atoms with Crippen LogP contribution in [0.3, 0.4) is 0 Å². The Morgan fingerprint density at radius 1 is 1.26 bits per heavy atom. The summed E-state index contributed by atoms with van der Waals surface area (Å²) in [5.41, 5.74) is 3.34. The van der Waals surface area contributed by atoms with E-state index in [4.69, 9.17) is 16.3 Å². The van der Waals surface area contributed by atoms with Crippen molar-refractivity contribution in [3.63, 3.8) is 0 Å². The molecule has 2 aliphatic heterocycles. The average molecular weight is 495 g/mol. The van der Waals surface area contributed by atoms with Gasteiger partial charge in [-0.25, -0.2) is 9.79 Å². The lowest BCUT2D eigenvalue weighted by Gasteiger charge is -2.36. The molecule has 174 valence electrons. The lowest BCUT2D eigenvalue weighted by molar-refractivity contribution is -0.138. The largest absolute Gasteiger partial charge is 0.458 e. The summed E-state index contributed by atoms with van der Waals surface area (Å²) in [5, 5.41) is 6.01. The first-order valence-electron chi connectivity index (χ1n) is 10.6. The van der Waals surface area contributed by atoms with Crippen molar-refractivity contribution in [2.24, 2.45) is 4.99 Å². The fourth-order valence-electron chi connectivity index (χ4n) is 3.76. The Bertz CT molecular complexity index is 1210. The van der Waals surface area contributed by atoms with E-state index in [9.17, 15) is 9.59 Å². The van der Waals surface area contributed by atoms with Gasteiger partial charge in [0.05, 0.1) is 23.7 Å². The highest BCUT2D eigenvalue weighted by molar-refractivity contribution is 8.16. The Morgan fingerprint density at radius 3 is 2.76 bits per heavy atom. The molecule has 2 aromatic rings. The number of pyridine rings is 1. The number of aromatic nitrogens is 1. The number of allylic oxidation sites excluding steroid dienone is 1. The molecule has 2 aliphatic rings. The van der Waals surface area contributed by atoms with Crippen molar-refractivity contribution in [2.45, 2.75) is 25.9 Å². The third-order valence-electron chi connectivity index (χ3n) is 5.33. The van der Waals surface area contributed by atoms with Crippen molar-refractivity contribution in [2.75, 3.05) is 6.61 Å². The van der Waals surface area contributed by atoms with Gasteiger partial charge in [-0.3, -0.25) is 9.78 Å². The Balaban J connectivity index is 1.62. The van der Waals surface area contributed by atoms with Gasteiger partial charge >= 0.3 is 5.97 Å². The molecule has 1 atom stereocenters. The molecule has 4 rings (SSSR count). The summed E-state index contributed by atoms with van der Waals surface area (Å²) < 4.78 is 5.38. The molecular weight excluding hydrogens is 472 g/mol. The standard InChI is InChI=1S/C25H23ClN4O3S/c1-3-12-33-24(32)22-16(2)29-25-30(23(22)19-6-4-5-7-20(19)26)18(15-34-25)13-21(31)28-14-17-8-10-27-11-9-17/h3-11,15,23H,1,12-14H2,2H3,(H,28,31). The lowest BCUT2D eigenvalue weighted by Crippen LogP contribution is -2.38. The Labute approximate surface area is 207 Å². The second-order valence-corrected chi connectivity index (χ2v) is 8.85. The van der Waals surface area contributed by atoms with Crippen LogP contribution in [0.5, 0.6) is 0 Å². The molecule has 1 aromatic carbocycles. The van der Waals surface area contributed by atoms with E-state index < -0.39 is 12.0 Å². The molecule has 34 heavy (non-hydrogen) atoms. The number of fused-ring (bicyclic) bond motifs is 1. The second kappa shape index (κ2) is 10.7. The normalized spacial score (nSPS) is 17.0. The van der Waals surface area contributed by atoms with Gasteiger partial charge in [0.1, 0.15) is 6.61 Å². The van der Waals surface area contributed by atoms with Crippen LogP contribution in [0.25, 0.3) is 0 Å². The molecule has 1 N–H and O–H groups in total. The van der Waals surface area contributed by atoms with Gasteiger partial charge in [-0.2, -0.15) is 0 Å². The zero-order valence-electron chi connectivity index (χ0n) is 18.5.